The molecule has 4 heteroatoms. The van der Waals surface area contributed by atoms with Crippen LogP contribution in [0.25, 0.3) is 0 Å². The second-order valence-electron chi connectivity index (χ2n) is 3.76. The molecular weight excluding hydrogens is 285 g/mol. The number of aryl methyl sites for hydroxylation is 2. The van der Waals surface area contributed by atoms with Crippen LogP contribution < -0.4 is 4.74 Å². The quantitative estimate of drug-likeness (QED) is 0.820. The second-order valence-corrected chi connectivity index (χ2v) is 4.62. The van der Waals surface area contributed by atoms with Crippen molar-refractivity contribution in [3.8, 4) is 11.5 Å². The van der Waals surface area contributed by atoms with Crippen LogP contribution in [0.4, 0.5) is 4.39 Å². The minimum atomic E-state index is -0.343. The Morgan fingerprint density at radius 3 is 2.29 bits per heavy atom. The largest absolute Gasteiger partial charge is 0.457 e. The van der Waals surface area contributed by atoms with Gasteiger partial charge in [-0.15, -0.1) is 0 Å². The van der Waals surface area contributed by atoms with E-state index in [0.29, 0.717) is 16.0 Å². The number of rotatable bonds is 2. The third-order valence-corrected chi connectivity index (χ3v) is 2.82. The zero-order valence-corrected chi connectivity index (χ0v) is 11.1. The van der Waals surface area contributed by atoms with E-state index in [9.17, 15) is 4.39 Å². The molecule has 1 aromatic carbocycles. The van der Waals surface area contributed by atoms with Crippen LogP contribution in [0.15, 0.2) is 34.8 Å². The standard InChI is InChI=1S/C13H11BrFNO/c1-8-5-11(6-9(2)16-8)17-10-3-4-12(14)13(15)7-10/h3-7H,1-2H3. The van der Waals surface area contributed by atoms with Gasteiger partial charge in [0.2, 0.25) is 0 Å². The van der Waals surface area contributed by atoms with Gasteiger partial charge < -0.3 is 4.74 Å². The Kier molecular flexibility index (Phi) is 3.43. The van der Waals surface area contributed by atoms with Gasteiger partial charge in [0.1, 0.15) is 17.3 Å². The number of hydrogen-bond acceptors (Lipinski definition) is 2. The van der Waals surface area contributed by atoms with Gasteiger partial charge in [0.15, 0.2) is 0 Å². The molecule has 0 unspecified atom stereocenters. The van der Waals surface area contributed by atoms with E-state index in [2.05, 4.69) is 20.9 Å². The fourth-order valence-electron chi connectivity index (χ4n) is 1.53. The van der Waals surface area contributed by atoms with Crippen molar-refractivity contribution >= 4 is 15.9 Å². The molecule has 0 radical (unpaired) electrons. The highest BCUT2D eigenvalue weighted by Crippen LogP contribution is 2.26. The van der Waals surface area contributed by atoms with Crippen LogP contribution in [0, 0.1) is 19.7 Å². The molecule has 0 aliphatic carbocycles. The van der Waals surface area contributed by atoms with Gasteiger partial charge in [0, 0.05) is 29.6 Å². The summed E-state index contributed by atoms with van der Waals surface area (Å²) in [4.78, 5) is 4.25. The molecule has 17 heavy (non-hydrogen) atoms. The van der Waals surface area contributed by atoms with Crippen LogP contribution >= 0.6 is 15.9 Å². The van der Waals surface area contributed by atoms with Crippen LogP contribution in [-0.2, 0) is 0 Å². The lowest BCUT2D eigenvalue weighted by molar-refractivity contribution is 0.474. The van der Waals surface area contributed by atoms with Crippen LogP contribution in [0.5, 0.6) is 11.5 Å². The Bertz CT molecular complexity index is 537. The van der Waals surface area contributed by atoms with E-state index in [1.54, 1.807) is 12.1 Å². The summed E-state index contributed by atoms with van der Waals surface area (Å²) in [6.07, 6.45) is 0. The summed E-state index contributed by atoms with van der Waals surface area (Å²) in [6, 6.07) is 8.29. The van der Waals surface area contributed by atoms with Gasteiger partial charge in [-0.05, 0) is 41.9 Å². The minimum absolute atomic E-state index is 0.343. The van der Waals surface area contributed by atoms with Crippen molar-refractivity contribution in [2.75, 3.05) is 0 Å². The lowest BCUT2D eigenvalue weighted by Gasteiger charge is -2.07. The molecular formula is C13H11BrFNO. The number of ether oxygens (including phenoxy) is 1. The van der Waals surface area contributed by atoms with Gasteiger partial charge in [0.05, 0.1) is 4.47 Å². The molecule has 1 aromatic heterocycles. The fourth-order valence-corrected chi connectivity index (χ4v) is 1.78. The highest BCUT2D eigenvalue weighted by atomic mass is 79.9. The topological polar surface area (TPSA) is 22.1 Å². The van der Waals surface area contributed by atoms with Crippen LogP contribution in [-0.4, -0.2) is 4.98 Å². The molecule has 0 aliphatic heterocycles. The molecule has 0 saturated carbocycles. The van der Waals surface area contributed by atoms with Crippen LogP contribution in [0.1, 0.15) is 11.4 Å². The van der Waals surface area contributed by atoms with Crippen LogP contribution in [0.2, 0.25) is 0 Å². The summed E-state index contributed by atoms with van der Waals surface area (Å²) in [6.45, 7) is 3.78. The first-order chi connectivity index (χ1) is 8.04. The van der Waals surface area contributed by atoms with E-state index in [0.717, 1.165) is 11.4 Å². The number of pyridine rings is 1. The van der Waals surface area contributed by atoms with Gasteiger partial charge >= 0.3 is 0 Å². The van der Waals surface area contributed by atoms with E-state index >= 15 is 0 Å². The van der Waals surface area contributed by atoms with E-state index in [1.165, 1.54) is 6.07 Å². The van der Waals surface area contributed by atoms with E-state index in [1.807, 2.05) is 26.0 Å². The third-order valence-electron chi connectivity index (χ3n) is 2.18. The van der Waals surface area contributed by atoms with Crippen molar-refractivity contribution < 1.29 is 9.13 Å². The lowest BCUT2D eigenvalue weighted by Crippen LogP contribution is -1.90. The smallest absolute Gasteiger partial charge is 0.141 e. The van der Waals surface area contributed by atoms with Crippen molar-refractivity contribution in [3.05, 3.63) is 52.0 Å². The first kappa shape index (κ1) is 12.0. The summed E-state index contributed by atoms with van der Waals surface area (Å²) in [7, 11) is 0. The minimum Gasteiger partial charge on any atom is -0.457 e. The Morgan fingerprint density at radius 1 is 1.06 bits per heavy atom. The highest BCUT2D eigenvalue weighted by molar-refractivity contribution is 9.10. The van der Waals surface area contributed by atoms with Gasteiger partial charge in [-0.25, -0.2) is 4.39 Å². The third kappa shape index (κ3) is 3.03. The number of halogens is 2. The van der Waals surface area contributed by atoms with Crippen molar-refractivity contribution in [3.63, 3.8) is 0 Å². The Balaban J connectivity index is 2.28. The fraction of sp³-hybridized carbons (Fsp3) is 0.154. The lowest BCUT2D eigenvalue weighted by atomic mass is 10.3. The van der Waals surface area contributed by atoms with Crippen molar-refractivity contribution in [1.82, 2.24) is 4.98 Å². The zero-order valence-electron chi connectivity index (χ0n) is 9.50. The van der Waals surface area contributed by atoms with Gasteiger partial charge in [-0.3, -0.25) is 4.98 Å². The second kappa shape index (κ2) is 4.84. The molecule has 0 amide bonds. The Labute approximate surface area is 108 Å². The van der Waals surface area contributed by atoms with Gasteiger partial charge in [0.25, 0.3) is 0 Å². The van der Waals surface area contributed by atoms with Crippen molar-refractivity contribution in [2.24, 2.45) is 0 Å². The molecule has 2 nitrogen and oxygen atoms in total. The average molecular weight is 296 g/mol. The Morgan fingerprint density at radius 2 is 1.71 bits per heavy atom. The van der Waals surface area contributed by atoms with E-state index in [-0.39, 0.29) is 5.82 Å². The van der Waals surface area contributed by atoms with Crippen molar-refractivity contribution in [1.29, 1.82) is 0 Å². The Hall–Kier alpha value is -1.42. The summed E-state index contributed by atoms with van der Waals surface area (Å²) >= 11 is 3.10. The molecule has 0 saturated heterocycles. The van der Waals surface area contributed by atoms with Crippen LogP contribution in [0.3, 0.4) is 0 Å². The summed E-state index contributed by atoms with van der Waals surface area (Å²) in [5, 5.41) is 0. The van der Waals surface area contributed by atoms with Crippen molar-refractivity contribution in [2.45, 2.75) is 13.8 Å². The number of nitrogens with zero attached hydrogens (tertiary/aromatic N) is 1. The molecule has 0 N–H and O–H groups in total. The molecule has 0 atom stereocenters. The molecule has 0 spiro atoms. The molecule has 2 aromatic rings. The summed E-state index contributed by atoms with van der Waals surface area (Å²) in [5.41, 5.74) is 1.75. The maximum absolute atomic E-state index is 13.3. The molecule has 2 rings (SSSR count). The summed E-state index contributed by atoms with van der Waals surface area (Å²) < 4.78 is 19.3. The molecule has 0 bridgehead atoms. The zero-order chi connectivity index (χ0) is 12.4. The van der Waals surface area contributed by atoms with E-state index < -0.39 is 0 Å². The number of aromatic nitrogens is 1. The number of hydrogen-bond donors (Lipinski definition) is 0. The first-order valence-corrected chi connectivity index (χ1v) is 5.92. The molecule has 0 fully saturated rings. The number of benzene rings is 1. The van der Waals surface area contributed by atoms with Gasteiger partial charge in [-0.1, -0.05) is 0 Å². The maximum Gasteiger partial charge on any atom is 0.141 e. The maximum atomic E-state index is 13.3. The van der Waals surface area contributed by atoms with Gasteiger partial charge in [-0.2, -0.15) is 0 Å². The molecule has 1 heterocycles. The average Bonchev–Trinajstić information content (AvgIpc) is 2.22. The predicted molar refractivity (Wildman–Crippen MR) is 67.9 cm³/mol. The predicted octanol–water partition coefficient (Wildman–Crippen LogP) is 4.39. The molecule has 88 valence electrons. The monoisotopic (exact) mass is 295 g/mol. The highest BCUT2D eigenvalue weighted by Gasteiger charge is 2.04. The SMILES string of the molecule is Cc1cc(Oc2ccc(Br)c(F)c2)cc(C)n1. The first-order valence-electron chi connectivity index (χ1n) is 5.13. The molecule has 0 aliphatic rings. The summed E-state index contributed by atoms with van der Waals surface area (Å²) in [5.74, 6) is 0.789. The normalized spacial score (nSPS) is 10.4. The van der Waals surface area contributed by atoms with E-state index in [4.69, 9.17) is 4.74 Å².